The van der Waals surface area contributed by atoms with Gasteiger partial charge in [0, 0.05) is 6.92 Å². The number of hydrogen-bond acceptors (Lipinski definition) is 4. The van der Waals surface area contributed by atoms with Crippen molar-refractivity contribution in [2.45, 2.75) is 6.92 Å². The Morgan fingerprint density at radius 2 is 2.50 bits per heavy atom. The lowest BCUT2D eigenvalue weighted by Gasteiger charge is -1.83. The fourth-order valence-corrected chi connectivity index (χ4v) is 0.465. The molecule has 12 heavy (non-hydrogen) atoms. The van der Waals surface area contributed by atoms with Crippen LogP contribution in [0, 0.1) is 0 Å². The Labute approximate surface area is 70.3 Å². The van der Waals surface area contributed by atoms with Gasteiger partial charge in [0.1, 0.15) is 6.61 Å². The van der Waals surface area contributed by atoms with E-state index >= 15 is 0 Å². The minimum Gasteiger partial charge on any atom is -0.448 e. The second-order valence-electron chi connectivity index (χ2n) is 1.84. The van der Waals surface area contributed by atoms with E-state index in [1.54, 1.807) is 0 Å². The molecule has 0 aromatic carbocycles. The van der Waals surface area contributed by atoms with Crippen molar-refractivity contribution in [2.75, 3.05) is 13.2 Å². The first kappa shape index (κ1) is 10.5. The molecule has 0 bridgehead atoms. The number of nitrogens with one attached hydrogen (secondary N) is 1. The number of amides is 1. The zero-order valence-corrected chi connectivity index (χ0v) is 6.83. The lowest BCUT2D eigenvalue weighted by atomic mass is 10.7. The van der Waals surface area contributed by atoms with E-state index in [-0.39, 0.29) is 12.1 Å². The van der Waals surface area contributed by atoms with Gasteiger partial charge in [-0.2, -0.15) is 0 Å². The molecular formula is C7H11NO4. The Hall–Kier alpha value is -1.52. The molecule has 0 radical (unpaired) electrons. The predicted molar refractivity (Wildman–Crippen MR) is 41.3 cm³/mol. The molecule has 68 valence electrons. The molecule has 1 fully saturated rings. The van der Waals surface area contributed by atoms with Gasteiger partial charge in [-0.05, 0) is 0 Å². The van der Waals surface area contributed by atoms with E-state index in [9.17, 15) is 9.59 Å². The van der Waals surface area contributed by atoms with Crippen LogP contribution in [-0.4, -0.2) is 25.2 Å². The summed E-state index contributed by atoms with van der Waals surface area (Å²) in [5.41, 5.74) is 0. The topological polar surface area (TPSA) is 64.6 Å². The fraction of sp³-hybridized carbons (Fsp3) is 0.429. The first-order chi connectivity index (χ1) is 5.66. The third-order valence-corrected chi connectivity index (χ3v) is 0.854. The second kappa shape index (κ2) is 6.21. The number of ether oxygens (including phenoxy) is 2. The normalized spacial score (nSPS) is 13.2. The molecule has 0 atom stereocenters. The highest BCUT2D eigenvalue weighted by atomic mass is 16.6. The number of carbonyl (C=O) groups is 2. The number of esters is 1. The Balaban J connectivity index is 0.000000202. The smallest absolute Gasteiger partial charge is 0.407 e. The summed E-state index contributed by atoms with van der Waals surface area (Å²) in [7, 11) is 0. The summed E-state index contributed by atoms with van der Waals surface area (Å²) in [4.78, 5) is 19.7. The molecule has 0 spiro atoms. The molecule has 5 nitrogen and oxygen atoms in total. The van der Waals surface area contributed by atoms with E-state index in [0.717, 1.165) is 6.26 Å². The second-order valence-corrected chi connectivity index (χ2v) is 1.84. The van der Waals surface area contributed by atoms with Gasteiger partial charge in [-0.15, -0.1) is 0 Å². The van der Waals surface area contributed by atoms with Gasteiger partial charge >= 0.3 is 12.1 Å². The number of alkyl carbamates (subject to hydrolysis) is 1. The van der Waals surface area contributed by atoms with Gasteiger partial charge in [0.2, 0.25) is 0 Å². The molecule has 1 aliphatic rings. The Kier molecular flexibility index (Phi) is 5.42. The third-order valence-electron chi connectivity index (χ3n) is 0.854. The molecule has 1 heterocycles. The van der Waals surface area contributed by atoms with Gasteiger partial charge in [-0.25, -0.2) is 4.79 Å². The third kappa shape index (κ3) is 6.60. The van der Waals surface area contributed by atoms with E-state index in [2.05, 4.69) is 21.4 Å². The molecule has 0 aromatic rings. The predicted octanol–water partition coefficient (Wildman–Crippen LogP) is 0.419. The Bertz CT molecular complexity index is 170. The summed E-state index contributed by atoms with van der Waals surface area (Å²) < 4.78 is 8.57. The molecule has 1 amide bonds. The average Bonchev–Trinajstić information content (AvgIpc) is 2.40. The molecule has 1 aliphatic heterocycles. The maximum Gasteiger partial charge on any atom is 0.407 e. The quantitative estimate of drug-likeness (QED) is 0.461. The summed E-state index contributed by atoms with van der Waals surface area (Å²) in [6.45, 7) is 5.67. The molecule has 0 aliphatic carbocycles. The fourth-order valence-electron chi connectivity index (χ4n) is 0.465. The molecule has 1 rings (SSSR count). The maximum absolute atomic E-state index is 9.91. The molecular weight excluding hydrogens is 162 g/mol. The van der Waals surface area contributed by atoms with Gasteiger partial charge in [0.05, 0.1) is 12.8 Å². The van der Waals surface area contributed by atoms with E-state index in [0.29, 0.717) is 13.2 Å². The lowest BCUT2D eigenvalue weighted by molar-refractivity contribution is -0.135. The summed E-state index contributed by atoms with van der Waals surface area (Å²) >= 11 is 0. The average molecular weight is 173 g/mol. The van der Waals surface area contributed by atoms with Crippen LogP contribution in [0.25, 0.3) is 0 Å². The van der Waals surface area contributed by atoms with Gasteiger partial charge in [-0.3, -0.25) is 4.79 Å². The molecule has 0 aromatic heterocycles. The van der Waals surface area contributed by atoms with Crippen LogP contribution >= 0.6 is 0 Å². The van der Waals surface area contributed by atoms with Crippen LogP contribution in [0.4, 0.5) is 4.79 Å². The van der Waals surface area contributed by atoms with E-state index in [4.69, 9.17) is 0 Å². The summed E-state index contributed by atoms with van der Waals surface area (Å²) in [6, 6.07) is 0. The lowest BCUT2D eigenvalue weighted by Crippen LogP contribution is -2.11. The van der Waals surface area contributed by atoms with Crippen LogP contribution in [0.1, 0.15) is 6.92 Å². The highest BCUT2D eigenvalue weighted by Gasteiger charge is 2.06. The zero-order chi connectivity index (χ0) is 9.40. The summed E-state index contributed by atoms with van der Waals surface area (Å²) in [5.74, 6) is -0.329. The van der Waals surface area contributed by atoms with Gasteiger partial charge < -0.3 is 14.8 Å². The first-order valence-corrected chi connectivity index (χ1v) is 3.35. The molecule has 5 heteroatoms. The van der Waals surface area contributed by atoms with Crippen LogP contribution in [-0.2, 0) is 14.3 Å². The van der Waals surface area contributed by atoms with Crippen LogP contribution in [0.3, 0.4) is 0 Å². The van der Waals surface area contributed by atoms with Crippen molar-refractivity contribution in [3.05, 3.63) is 12.8 Å². The number of cyclic esters (lactones) is 1. The molecule has 1 saturated heterocycles. The molecule has 0 saturated carbocycles. The minimum atomic E-state index is -0.329. The van der Waals surface area contributed by atoms with Crippen LogP contribution < -0.4 is 5.32 Å². The van der Waals surface area contributed by atoms with Crippen molar-refractivity contribution in [1.82, 2.24) is 5.32 Å². The highest BCUT2D eigenvalue weighted by molar-refractivity contribution is 5.68. The van der Waals surface area contributed by atoms with Gasteiger partial charge in [-0.1, -0.05) is 6.58 Å². The number of carbonyl (C=O) groups excluding carboxylic acids is 2. The summed E-state index contributed by atoms with van der Waals surface area (Å²) in [5, 5.41) is 2.46. The van der Waals surface area contributed by atoms with Crippen molar-refractivity contribution in [3.8, 4) is 0 Å². The molecule has 1 N–H and O–H groups in total. The standard InChI is InChI=1S/C4H6O2.C3H5NO2/c1-3-6-4(2)5;5-3-4-1-2-6-3/h3H,1H2,2H3;1-2H2,(H,4,5). The van der Waals surface area contributed by atoms with E-state index in [1.807, 2.05) is 0 Å². The number of rotatable bonds is 1. The Morgan fingerprint density at radius 3 is 2.58 bits per heavy atom. The van der Waals surface area contributed by atoms with Crippen molar-refractivity contribution >= 4 is 12.1 Å². The van der Waals surface area contributed by atoms with Crippen LogP contribution in [0.2, 0.25) is 0 Å². The largest absolute Gasteiger partial charge is 0.448 e. The Morgan fingerprint density at radius 1 is 1.83 bits per heavy atom. The van der Waals surface area contributed by atoms with Gasteiger partial charge in [0.15, 0.2) is 0 Å². The van der Waals surface area contributed by atoms with E-state index < -0.39 is 0 Å². The SMILES string of the molecule is C=COC(C)=O.O=C1NCCO1. The molecule has 0 unspecified atom stereocenters. The van der Waals surface area contributed by atoms with Gasteiger partial charge in [0.25, 0.3) is 0 Å². The van der Waals surface area contributed by atoms with Crippen LogP contribution in [0.5, 0.6) is 0 Å². The maximum atomic E-state index is 9.91. The van der Waals surface area contributed by atoms with Crippen LogP contribution in [0.15, 0.2) is 12.8 Å². The van der Waals surface area contributed by atoms with Crippen molar-refractivity contribution in [3.63, 3.8) is 0 Å². The monoisotopic (exact) mass is 173 g/mol. The minimum absolute atomic E-state index is 0.296. The van der Waals surface area contributed by atoms with E-state index in [1.165, 1.54) is 6.92 Å². The van der Waals surface area contributed by atoms with Crippen molar-refractivity contribution < 1.29 is 19.1 Å². The highest BCUT2D eigenvalue weighted by Crippen LogP contribution is 1.82. The summed E-state index contributed by atoms with van der Waals surface area (Å²) in [6.07, 6.45) is 0.803. The zero-order valence-electron chi connectivity index (χ0n) is 6.83. The van der Waals surface area contributed by atoms with Crippen molar-refractivity contribution in [1.29, 1.82) is 0 Å². The van der Waals surface area contributed by atoms with Crippen molar-refractivity contribution in [2.24, 2.45) is 0 Å². The number of hydrogen-bond donors (Lipinski definition) is 1. The first-order valence-electron chi connectivity index (χ1n) is 3.35.